The minimum atomic E-state index is 1.03. The number of fused-ring (bicyclic) bond motifs is 1. The van der Waals surface area contributed by atoms with Crippen LogP contribution in [0, 0.1) is 0 Å². The molecule has 0 aliphatic heterocycles. The van der Waals surface area contributed by atoms with Gasteiger partial charge in [-0.1, -0.05) is 9.20 Å². The number of nitrogens with zero attached hydrogens (tertiary/aromatic N) is 4. The fourth-order valence-electron chi connectivity index (χ4n) is 0.697. The first kappa shape index (κ1) is 4.87. The van der Waals surface area contributed by atoms with Gasteiger partial charge in [0.2, 0.25) is 0 Å². The van der Waals surface area contributed by atoms with Crippen molar-refractivity contribution in [2.24, 2.45) is 7.05 Å². The molecule has 0 aromatic carbocycles. The number of hydrogen-bond donors (Lipinski definition) is 0. The number of aryl methyl sites for hydroxylation is 1. The highest BCUT2D eigenvalue weighted by Crippen LogP contribution is 1.96. The lowest BCUT2D eigenvalue weighted by Crippen LogP contribution is -2.18. The third-order valence-corrected chi connectivity index (χ3v) is 1.84. The second-order valence-electron chi connectivity index (χ2n) is 1.76. The van der Waals surface area contributed by atoms with Gasteiger partial charge in [0.25, 0.3) is 5.65 Å². The van der Waals surface area contributed by atoms with E-state index in [0.29, 0.717) is 0 Å². The lowest BCUT2D eigenvalue weighted by Gasteiger charge is -1.67. The summed E-state index contributed by atoms with van der Waals surface area (Å²) in [4.78, 5) is 0. The molecular formula is C4H5N4S+. The quantitative estimate of drug-likeness (QED) is 0.468. The third kappa shape index (κ3) is 0.547. The molecule has 0 N–H and O–H groups in total. The van der Waals surface area contributed by atoms with Crippen LogP contribution in [-0.4, -0.2) is 15.1 Å². The molecule has 5 heteroatoms. The zero-order chi connectivity index (χ0) is 6.27. The Morgan fingerprint density at radius 3 is 3.44 bits per heavy atom. The van der Waals surface area contributed by atoms with Gasteiger partial charge in [0.15, 0.2) is 5.21 Å². The van der Waals surface area contributed by atoms with Crippen LogP contribution < -0.4 is 4.52 Å². The van der Waals surface area contributed by atoms with E-state index in [0.717, 1.165) is 5.65 Å². The minimum absolute atomic E-state index is 1.03. The molecule has 2 heterocycles. The highest BCUT2D eigenvalue weighted by molar-refractivity contribution is 7.07. The minimum Gasteiger partial charge on any atom is -0.109 e. The molecule has 0 aliphatic rings. The Balaban J connectivity index is 2.99. The molecule has 0 amide bonds. The third-order valence-electron chi connectivity index (χ3n) is 1.17. The highest BCUT2D eigenvalue weighted by Gasteiger charge is 2.07. The van der Waals surface area contributed by atoms with E-state index in [1.54, 1.807) is 20.5 Å². The molecule has 4 nitrogen and oxygen atoms in total. The first-order valence-corrected chi connectivity index (χ1v) is 3.46. The van der Waals surface area contributed by atoms with Crippen LogP contribution in [-0.2, 0) is 7.05 Å². The Kier molecular flexibility index (Phi) is 0.814. The van der Waals surface area contributed by atoms with E-state index in [4.69, 9.17) is 0 Å². The Labute approximate surface area is 55.3 Å². The van der Waals surface area contributed by atoms with Gasteiger partial charge in [0.05, 0.1) is 12.4 Å². The van der Waals surface area contributed by atoms with Crippen LogP contribution in [0.1, 0.15) is 0 Å². The van der Waals surface area contributed by atoms with Gasteiger partial charge in [-0.05, 0) is 0 Å². The van der Waals surface area contributed by atoms with E-state index in [1.807, 2.05) is 17.9 Å². The molecule has 2 aromatic rings. The first-order valence-electron chi connectivity index (χ1n) is 2.51. The maximum absolute atomic E-state index is 3.82. The van der Waals surface area contributed by atoms with Gasteiger partial charge in [-0.3, -0.25) is 0 Å². The van der Waals surface area contributed by atoms with E-state index in [9.17, 15) is 0 Å². The van der Waals surface area contributed by atoms with Crippen LogP contribution in [0.4, 0.5) is 0 Å². The Bertz CT molecular complexity index is 322. The van der Waals surface area contributed by atoms with E-state index >= 15 is 0 Å². The van der Waals surface area contributed by atoms with Crippen LogP contribution in [0.15, 0.2) is 10.9 Å². The normalized spacial score (nSPS) is 10.8. The van der Waals surface area contributed by atoms with Crippen LogP contribution in [0.2, 0.25) is 0 Å². The van der Waals surface area contributed by atoms with Crippen molar-refractivity contribution in [3.63, 3.8) is 0 Å². The summed E-state index contributed by atoms with van der Waals surface area (Å²) in [6.07, 6.45) is 0. The van der Waals surface area contributed by atoms with Crippen LogP contribution in [0.25, 0.3) is 5.65 Å². The smallest absolute Gasteiger partial charge is 0.109 e. The number of thiazole rings is 1. The molecule has 0 unspecified atom stereocenters. The van der Waals surface area contributed by atoms with Gasteiger partial charge < -0.3 is 0 Å². The number of hydrogen-bond acceptors (Lipinski definition) is 3. The zero-order valence-corrected chi connectivity index (χ0v) is 5.67. The van der Waals surface area contributed by atoms with Gasteiger partial charge >= 0.3 is 0 Å². The topological polar surface area (TPSA) is 34.8 Å². The van der Waals surface area contributed by atoms with Crippen molar-refractivity contribution in [3.8, 4) is 0 Å². The lowest BCUT2D eigenvalue weighted by molar-refractivity contribution is -0.577. The Morgan fingerprint density at radius 2 is 2.67 bits per heavy atom. The molecule has 0 saturated heterocycles. The summed E-state index contributed by atoms with van der Waals surface area (Å²) in [5.74, 6) is 0. The van der Waals surface area contributed by atoms with Crippen LogP contribution >= 0.6 is 11.3 Å². The van der Waals surface area contributed by atoms with Crippen molar-refractivity contribution in [1.82, 2.24) is 15.1 Å². The van der Waals surface area contributed by atoms with Crippen molar-refractivity contribution in [3.05, 3.63) is 10.9 Å². The first-order chi connectivity index (χ1) is 4.38. The zero-order valence-electron chi connectivity index (χ0n) is 4.85. The number of aromatic nitrogens is 4. The van der Waals surface area contributed by atoms with Gasteiger partial charge in [-0.2, -0.15) is 0 Å². The van der Waals surface area contributed by atoms with Crippen LogP contribution in [0.3, 0.4) is 0 Å². The molecule has 46 valence electrons. The average molecular weight is 141 g/mol. The number of rotatable bonds is 0. The maximum Gasteiger partial charge on any atom is 0.296 e. The molecule has 0 saturated carbocycles. The van der Waals surface area contributed by atoms with Crippen molar-refractivity contribution < 1.29 is 4.52 Å². The average Bonchev–Trinajstić information content (AvgIpc) is 2.35. The summed E-state index contributed by atoms with van der Waals surface area (Å²) in [5, 5.41) is 9.61. The lowest BCUT2D eigenvalue weighted by atomic mass is 10.8. The van der Waals surface area contributed by atoms with E-state index in [-0.39, 0.29) is 0 Å². The van der Waals surface area contributed by atoms with Gasteiger partial charge in [0, 0.05) is 0 Å². The summed E-state index contributed by atoms with van der Waals surface area (Å²) in [5.41, 5.74) is 2.93. The number of tetrazole rings is 1. The van der Waals surface area contributed by atoms with E-state index < -0.39 is 0 Å². The fraction of sp³-hybridized carbons (Fsp3) is 0.250. The Morgan fingerprint density at radius 1 is 1.78 bits per heavy atom. The molecule has 0 atom stereocenters. The molecule has 0 spiro atoms. The molecule has 2 rings (SSSR count). The van der Waals surface area contributed by atoms with Crippen molar-refractivity contribution in [2.75, 3.05) is 0 Å². The molecule has 2 aromatic heterocycles. The van der Waals surface area contributed by atoms with E-state index in [2.05, 4.69) is 10.4 Å². The molecular weight excluding hydrogens is 136 g/mol. The predicted molar refractivity (Wildman–Crippen MR) is 32.0 cm³/mol. The largest absolute Gasteiger partial charge is 0.296 e. The highest BCUT2D eigenvalue weighted by atomic mass is 32.1. The molecule has 0 bridgehead atoms. The summed E-state index contributed by atoms with van der Waals surface area (Å²) in [7, 11) is 1.87. The van der Waals surface area contributed by atoms with Crippen molar-refractivity contribution in [2.45, 2.75) is 0 Å². The Hall–Kier alpha value is -0.970. The predicted octanol–water partition coefficient (Wildman–Crippen LogP) is -0.385. The van der Waals surface area contributed by atoms with Gasteiger partial charge in [-0.15, -0.1) is 11.3 Å². The molecule has 0 aliphatic carbocycles. The standard InChI is InChI=1S/C4H5N4S/c1-7-4-2-9-3-8(4)6-5-7/h2-3H,1H3/q+1. The van der Waals surface area contributed by atoms with Crippen molar-refractivity contribution in [1.29, 1.82) is 0 Å². The van der Waals surface area contributed by atoms with Gasteiger partial charge in [-0.25, -0.2) is 0 Å². The molecule has 0 fully saturated rings. The van der Waals surface area contributed by atoms with Gasteiger partial charge in [0.1, 0.15) is 10.7 Å². The fourth-order valence-corrected chi connectivity index (χ4v) is 1.41. The van der Waals surface area contributed by atoms with E-state index in [1.165, 1.54) is 0 Å². The maximum atomic E-state index is 3.82. The molecule has 9 heavy (non-hydrogen) atoms. The summed E-state index contributed by atoms with van der Waals surface area (Å²) in [6, 6.07) is 0. The monoisotopic (exact) mass is 141 g/mol. The second kappa shape index (κ2) is 1.51. The second-order valence-corrected chi connectivity index (χ2v) is 2.48. The summed E-state index contributed by atoms with van der Waals surface area (Å²) in [6.45, 7) is 0. The van der Waals surface area contributed by atoms with Crippen LogP contribution in [0.5, 0.6) is 0 Å². The summed E-state index contributed by atoms with van der Waals surface area (Å²) < 4.78 is 3.47. The molecule has 0 radical (unpaired) electrons. The summed E-state index contributed by atoms with van der Waals surface area (Å²) >= 11 is 1.61. The van der Waals surface area contributed by atoms with Crippen molar-refractivity contribution >= 4 is 17.0 Å². The SMILES string of the molecule is Cn1nn[n+]2cscc12.